The van der Waals surface area contributed by atoms with Gasteiger partial charge >= 0.3 is 0 Å². The van der Waals surface area contributed by atoms with Crippen molar-refractivity contribution in [1.82, 2.24) is 19.7 Å². The maximum absolute atomic E-state index is 11.6. The van der Waals surface area contributed by atoms with Crippen LogP contribution >= 0.6 is 0 Å². The average molecular weight is 526 g/mol. The van der Waals surface area contributed by atoms with Gasteiger partial charge in [0.05, 0.1) is 11.9 Å². The number of piperidine rings is 1. The van der Waals surface area contributed by atoms with Crippen molar-refractivity contribution in [2.24, 2.45) is 17.6 Å². The van der Waals surface area contributed by atoms with Crippen LogP contribution in [0.25, 0.3) is 17.0 Å². The average Bonchev–Trinajstić information content (AvgIpc) is 3.68. The third-order valence-corrected chi connectivity index (χ3v) is 8.21. The summed E-state index contributed by atoms with van der Waals surface area (Å²) >= 11 is 0. The number of carbonyl (C=O) groups excluding carboxylic acids is 1. The van der Waals surface area contributed by atoms with Crippen LogP contribution in [0.5, 0.6) is 0 Å². The molecule has 6 rings (SSSR count). The highest BCUT2D eigenvalue weighted by atomic mass is 16.4. The van der Waals surface area contributed by atoms with Crippen molar-refractivity contribution in [3.63, 3.8) is 0 Å². The molecule has 0 unspecified atom stereocenters. The molecule has 39 heavy (non-hydrogen) atoms. The molecular formula is C30H35N7O2. The summed E-state index contributed by atoms with van der Waals surface area (Å²) in [6.07, 6.45) is 13.5. The lowest BCUT2D eigenvalue weighted by Gasteiger charge is -2.39. The first-order valence-corrected chi connectivity index (χ1v) is 13.9. The van der Waals surface area contributed by atoms with Gasteiger partial charge in [-0.1, -0.05) is 25.0 Å². The number of nitrogens with zero attached hydrogens (tertiary/aromatic N) is 5. The number of amides is 1. The molecule has 1 aliphatic carbocycles. The summed E-state index contributed by atoms with van der Waals surface area (Å²) in [6, 6.07) is 16.7. The number of nitrogens with one attached hydrogen (secondary N) is 1. The molecule has 0 radical (unpaired) electrons. The van der Waals surface area contributed by atoms with Gasteiger partial charge in [0.25, 0.3) is 6.01 Å². The summed E-state index contributed by atoms with van der Waals surface area (Å²) in [6.45, 7) is 2.19. The summed E-state index contributed by atoms with van der Waals surface area (Å²) in [5.74, 6) is 1.43. The molecule has 3 atom stereocenters. The first-order chi connectivity index (χ1) is 19.1. The lowest BCUT2D eigenvalue weighted by Crippen LogP contribution is -2.39. The van der Waals surface area contributed by atoms with E-state index < -0.39 is 5.91 Å². The Hall–Kier alpha value is -4.14. The highest BCUT2D eigenvalue weighted by Crippen LogP contribution is 2.36. The van der Waals surface area contributed by atoms with Gasteiger partial charge in [-0.05, 0) is 80.3 Å². The molecule has 9 heteroatoms. The van der Waals surface area contributed by atoms with Gasteiger partial charge in [0, 0.05) is 35.9 Å². The molecule has 9 nitrogen and oxygen atoms in total. The number of aromatic nitrogens is 4. The van der Waals surface area contributed by atoms with Gasteiger partial charge in [-0.25, -0.2) is 14.6 Å². The molecule has 3 N–H and O–H groups in total. The zero-order valence-electron chi connectivity index (χ0n) is 22.1. The fourth-order valence-electron chi connectivity index (χ4n) is 6.22. The predicted molar refractivity (Wildman–Crippen MR) is 151 cm³/mol. The topological polar surface area (TPSA) is 115 Å². The van der Waals surface area contributed by atoms with E-state index >= 15 is 0 Å². The molecule has 0 spiro atoms. The van der Waals surface area contributed by atoms with Crippen LogP contribution in [0.15, 0.2) is 71.8 Å². The van der Waals surface area contributed by atoms with E-state index in [9.17, 15) is 4.79 Å². The zero-order valence-corrected chi connectivity index (χ0v) is 22.1. The Morgan fingerprint density at radius 1 is 1.05 bits per heavy atom. The van der Waals surface area contributed by atoms with Gasteiger partial charge in [-0.3, -0.25) is 4.79 Å². The molecule has 0 bridgehead atoms. The molecule has 202 valence electrons. The van der Waals surface area contributed by atoms with Crippen LogP contribution in [0.4, 0.5) is 11.7 Å². The molecule has 1 aliphatic heterocycles. The SMILES string of the molecule is NC(=O)c1cccc(-c2cnc(N[C@@H]3CCCC[C@H]3C[C@H]3CCCN(c4ccc(-n5cncn5)cc4)C3)o2)c1. The Kier molecular flexibility index (Phi) is 7.29. The highest BCUT2D eigenvalue weighted by molar-refractivity contribution is 5.93. The van der Waals surface area contributed by atoms with E-state index in [-0.39, 0.29) is 0 Å². The monoisotopic (exact) mass is 525 g/mol. The van der Waals surface area contributed by atoms with E-state index in [4.69, 9.17) is 10.2 Å². The molecule has 1 saturated heterocycles. The third-order valence-electron chi connectivity index (χ3n) is 8.21. The van der Waals surface area contributed by atoms with Crippen LogP contribution < -0.4 is 16.0 Å². The van der Waals surface area contributed by atoms with Crippen LogP contribution in [0, 0.1) is 11.8 Å². The minimum absolute atomic E-state index is 0.347. The summed E-state index contributed by atoms with van der Waals surface area (Å²) in [5, 5.41) is 7.84. The van der Waals surface area contributed by atoms with E-state index in [1.807, 2.05) is 6.07 Å². The molecule has 4 aromatic rings. The second-order valence-electron chi connectivity index (χ2n) is 10.8. The van der Waals surface area contributed by atoms with Crippen molar-refractivity contribution in [1.29, 1.82) is 0 Å². The quantitative estimate of drug-likeness (QED) is 0.321. The molecule has 3 heterocycles. The van der Waals surface area contributed by atoms with Crippen LogP contribution in [0.1, 0.15) is 55.3 Å². The van der Waals surface area contributed by atoms with Crippen molar-refractivity contribution >= 4 is 17.6 Å². The van der Waals surface area contributed by atoms with Crippen molar-refractivity contribution < 1.29 is 9.21 Å². The van der Waals surface area contributed by atoms with Crippen molar-refractivity contribution in [3.05, 3.63) is 72.9 Å². The Morgan fingerprint density at radius 2 is 1.90 bits per heavy atom. The fourth-order valence-corrected chi connectivity index (χ4v) is 6.22. The van der Waals surface area contributed by atoms with Gasteiger partial charge in [-0.2, -0.15) is 5.10 Å². The molecular weight excluding hydrogens is 490 g/mol. The molecule has 2 aliphatic rings. The lowest BCUT2D eigenvalue weighted by atomic mass is 9.77. The van der Waals surface area contributed by atoms with E-state index in [0.29, 0.717) is 35.2 Å². The summed E-state index contributed by atoms with van der Waals surface area (Å²) < 4.78 is 7.85. The Bertz CT molecular complexity index is 1380. The number of benzene rings is 2. The minimum atomic E-state index is -0.454. The van der Waals surface area contributed by atoms with Gasteiger partial charge in [0.15, 0.2) is 5.76 Å². The van der Waals surface area contributed by atoms with E-state index in [0.717, 1.165) is 30.8 Å². The fraction of sp³-hybridized carbons (Fsp3) is 0.400. The van der Waals surface area contributed by atoms with Crippen LogP contribution in [0.3, 0.4) is 0 Å². The Balaban J connectivity index is 1.09. The predicted octanol–water partition coefficient (Wildman–Crippen LogP) is 5.30. The number of hydrogen-bond acceptors (Lipinski definition) is 7. The maximum Gasteiger partial charge on any atom is 0.295 e. The normalized spacial score (nSPS) is 21.5. The van der Waals surface area contributed by atoms with Crippen molar-refractivity contribution in [2.75, 3.05) is 23.3 Å². The number of hydrogen-bond donors (Lipinski definition) is 2. The first kappa shape index (κ1) is 25.2. The van der Waals surface area contributed by atoms with Crippen LogP contribution in [0.2, 0.25) is 0 Å². The number of carbonyl (C=O) groups is 1. The number of primary amides is 1. The molecule has 2 aromatic heterocycles. The second kappa shape index (κ2) is 11.3. The second-order valence-corrected chi connectivity index (χ2v) is 10.8. The summed E-state index contributed by atoms with van der Waals surface area (Å²) in [5.41, 5.74) is 8.99. The largest absolute Gasteiger partial charge is 0.424 e. The van der Waals surface area contributed by atoms with Gasteiger partial charge in [0.2, 0.25) is 5.91 Å². The van der Waals surface area contributed by atoms with E-state index in [2.05, 4.69) is 49.5 Å². The summed E-state index contributed by atoms with van der Waals surface area (Å²) in [4.78, 5) is 22.6. The molecule has 2 aromatic carbocycles. The summed E-state index contributed by atoms with van der Waals surface area (Å²) in [7, 11) is 0. The number of oxazole rings is 1. The standard InChI is InChI=1S/C30H35N7O2/c31-29(38)24-8-3-7-23(16-24)28-17-33-30(39-28)35-27-9-2-1-6-22(27)15-21-5-4-14-36(18-21)25-10-12-26(13-11-25)37-20-32-19-34-37/h3,7-8,10-13,16-17,19-22,27H,1-2,4-6,9,14-15,18H2,(H2,31,38)(H,33,35)/t21-,22+,27-/m1/s1. The molecule has 1 saturated carbocycles. The first-order valence-electron chi connectivity index (χ1n) is 13.9. The number of anilines is 2. The molecule has 1 amide bonds. The highest BCUT2D eigenvalue weighted by Gasteiger charge is 2.30. The third kappa shape index (κ3) is 5.82. The van der Waals surface area contributed by atoms with Crippen molar-refractivity contribution in [2.45, 2.75) is 51.0 Å². The van der Waals surface area contributed by atoms with Gasteiger partial charge < -0.3 is 20.4 Å². The minimum Gasteiger partial charge on any atom is -0.424 e. The van der Waals surface area contributed by atoms with E-state index in [1.165, 1.54) is 44.2 Å². The lowest BCUT2D eigenvalue weighted by molar-refractivity contribution is 0.100. The maximum atomic E-state index is 11.6. The number of rotatable bonds is 8. The Labute approximate surface area is 228 Å². The number of nitrogens with two attached hydrogens (primary N) is 1. The van der Waals surface area contributed by atoms with Gasteiger partial charge in [0.1, 0.15) is 12.7 Å². The zero-order chi connectivity index (χ0) is 26.6. The Morgan fingerprint density at radius 3 is 2.72 bits per heavy atom. The van der Waals surface area contributed by atoms with Crippen LogP contribution in [-0.2, 0) is 0 Å². The van der Waals surface area contributed by atoms with Gasteiger partial charge in [-0.15, -0.1) is 0 Å². The van der Waals surface area contributed by atoms with Crippen molar-refractivity contribution in [3.8, 4) is 17.0 Å². The van der Waals surface area contributed by atoms with E-state index in [1.54, 1.807) is 41.7 Å². The molecule has 2 fully saturated rings. The smallest absolute Gasteiger partial charge is 0.295 e. The van der Waals surface area contributed by atoms with Crippen LogP contribution in [-0.4, -0.2) is 44.8 Å².